The first kappa shape index (κ1) is 18.2. The second kappa shape index (κ2) is 7.94. The molecule has 118 valence electrons. The van der Waals surface area contributed by atoms with Crippen LogP contribution in [0.1, 0.15) is 25.3 Å². The van der Waals surface area contributed by atoms with E-state index in [4.69, 9.17) is 17.3 Å². The number of nitro groups is 1. The zero-order valence-electron chi connectivity index (χ0n) is 12.0. The van der Waals surface area contributed by atoms with Crippen molar-refractivity contribution in [3.63, 3.8) is 0 Å². The van der Waals surface area contributed by atoms with Crippen LogP contribution in [0.3, 0.4) is 0 Å². The average Bonchev–Trinajstić information content (AvgIpc) is 2.38. The molecule has 0 saturated carbocycles. The van der Waals surface area contributed by atoms with Crippen LogP contribution < -0.4 is 5.73 Å². The van der Waals surface area contributed by atoms with Gasteiger partial charge in [0, 0.05) is 35.8 Å². The van der Waals surface area contributed by atoms with Gasteiger partial charge in [-0.25, -0.2) is 0 Å². The van der Waals surface area contributed by atoms with E-state index < -0.39 is 0 Å². The molecule has 1 aromatic rings. The van der Waals surface area contributed by atoms with Crippen molar-refractivity contribution in [2.75, 3.05) is 13.1 Å². The Morgan fingerprint density at radius 3 is 2.90 bits per heavy atom. The first-order valence-corrected chi connectivity index (χ1v) is 7.26. The van der Waals surface area contributed by atoms with E-state index in [1.165, 1.54) is 6.07 Å². The summed E-state index contributed by atoms with van der Waals surface area (Å²) in [4.78, 5) is 13.0. The molecule has 5 nitrogen and oxygen atoms in total. The van der Waals surface area contributed by atoms with E-state index in [0.29, 0.717) is 23.0 Å². The number of rotatable bonds is 4. The van der Waals surface area contributed by atoms with Crippen LogP contribution in [0.5, 0.6) is 0 Å². The quantitative estimate of drug-likeness (QED) is 0.678. The molecule has 0 amide bonds. The number of likely N-dealkylation sites (tertiary alicyclic amines) is 1. The lowest BCUT2D eigenvalue weighted by Crippen LogP contribution is -2.42. The first-order chi connectivity index (χ1) is 9.47. The Balaban J connectivity index is 0.00000220. The van der Waals surface area contributed by atoms with E-state index in [2.05, 4.69) is 4.90 Å². The summed E-state index contributed by atoms with van der Waals surface area (Å²) in [5, 5.41) is 11.6. The van der Waals surface area contributed by atoms with Gasteiger partial charge >= 0.3 is 0 Å². The molecule has 0 aromatic heterocycles. The average molecular weight is 334 g/mol. The summed E-state index contributed by atoms with van der Waals surface area (Å²) in [6.07, 6.45) is 2.21. The number of nitro benzene ring substituents is 1. The summed E-state index contributed by atoms with van der Waals surface area (Å²) < 4.78 is 0. The van der Waals surface area contributed by atoms with Gasteiger partial charge in [0.15, 0.2) is 0 Å². The van der Waals surface area contributed by atoms with Gasteiger partial charge in [0.25, 0.3) is 5.69 Å². The van der Waals surface area contributed by atoms with Gasteiger partial charge in [-0.15, -0.1) is 12.4 Å². The van der Waals surface area contributed by atoms with Gasteiger partial charge in [-0.3, -0.25) is 15.0 Å². The fraction of sp³-hybridized carbons (Fsp3) is 0.571. The zero-order valence-corrected chi connectivity index (χ0v) is 13.6. The Labute approximate surface area is 136 Å². The van der Waals surface area contributed by atoms with Gasteiger partial charge in [0.1, 0.15) is 0 Å². The van der Waals surface area contributed by atoms with Gasteiger partial charge in [-0.05, 0) is 44.4 Å². The van der Waals surface area contributed by atoms with E-state index >= 15 is 0 Å². The van der Waals surface area contributed by atoms with Crippen LogP contribution in [0.4, 0.5) is 5.69 Å². The molecule has 1 aliphatic heterocycles. The van der Waals surface area contributed by atoms with E-state index in [1.54, 1.807) is 12.1 Å². The molecule has 2 unspecified atom stereocenters. The Kier molecular flexibility index (Phi) is 6.87. The normalized spacial score (nSPS) is 20.6. The molecule has 1 heterocycles. The van der Waals surface area contributed by atoms with E-state index in [-0.39, 0.29) is 29.1 Å². The molecule has 7 heteroatoms. The summed E-state index contributed by atoms with van der Waals surface area (Å²) in [5.41, 5.74) is 6.78. The van der Waals surface area contributed by atoms with E-state index in [0.717, 1.165) is 25.9 Å². The molecular weight excluding hydrogens is 313 g/mol. The molecule has 0 bridgehead atoms. The highest BCUT2D eigenvalue weighted by atomic mass is 35.5. The smallest absolute Gasteiger partial charge is 0.273 e. The molecule has 1 aliphatic rings. The third-order valence-electron chi connectivity index (χ3n) is 3.92. The highest BCUT2D eigenvalue weighted by Gasteiger charge is 2.24. The molecule has 0 aliphatic carbocycles. The molecule has 1 fully saturated rings. The Morgan fingerprint density at radius 2 is 2.29 bits per heavy atom. The third kappa shape index (κ3) is 4.81. The molecule has 0 spiro atoms. The second-order valence-corrected chi connectivity index (χ2v) is 5.96. The maximum Gasteiger partial charge on any atom is 0.273 e. The zero-order chi connectivity index (χ0) is 14.7. The monoisotopic (exact) mass is 333 g/mol. The van der Waals surface area contributed by atoms with Crippen LogP contribution in [0.25, 0.3) is 0 Å². The maximum absolute atomic E-state index is 11.1. The first-order valence-electron chi connectivity index (χ1n) is 6.88. The minimum absolute atomic E-state index is 0. The highest BCUT2D eigenvalue weighted by Crippen LogP contribution is 2.26. The van der Waals surface area contributed by atoms with Crippen molar-refractivity contribution in [1.82, 2.24) is 4.90 Å². The van der Waals surface area contributed by atoms with Crippen molar-refractivity contribution < 1.29 is 4.92 Å². The van der Waals surface area contributed by atoms with Gasteiger partial charge in [0.2, 0.25) is 0 Å². The standard InChI is InChI=1S/C14H20ClN3O2.ClH/c1-10(16)11-3-2-6-17(8-11)9-12-7-13(15)4-5-14(12)18(19)20;/h4-5,7,10-11H,2-3,6,8-9,16H2,1H3;1H. The molecule has 1 aromatic carbocycles. The fourth-order valence-corrected chi connectivity index (χ4v) is 2.96. The topological polar surface area (TPSA) is 72.4 Å². The number of halogens is 2. The van der Waals surface area contributed by atoms with Crippen LogP contribution in [-0.4, -0.2) is 29.0 Å². The molecule has 2 N–H and O–H groups in total. The van der Waals surface area contributed by atoms with Crippen molar-refractivity contribution in [2.24, 2.45) is 11.7 Å². The predicted molar refractivity (Wildman–Crippen MR) is 87.0 cm³/mol. The SMILES string of the molecule is CC(N)C1CCCN(Cc2cc(Cl)ccc2[N+](=O)[O-])C1.Cl. The van der Waals surface area contributed by atoms with Crippen LogP contribution in [-0.2, 0) is 6.54 Å². The molecule has 0 radical (unpaired) electrons. The largest absolute Gasteiger partial charge is 0.328 e. The van der Waals surface area contributed by atoms with Crippen LogP contribution >= 0.6 is 24.0 Å². The molecule has 2 atom stereocenters. The molecule has 21 heavy (non-hydrogen) atoms. The number of nitrogens with zero attached hydrogens (tertiary/aromatic N) is 2. The Bertz CT molecular complexity index is 497. The van der Waals surface area contributed by atoms with Crippen LogP contribution in [0, 0.1) is 16.0 Å². The summed E-state index contributed by atoms with van der Waals surface area (Å²) in [6.45, 7) is 4.42. The lowest BCUT2D eigenvalue weighted by molar-refractivity contribution is -0.385. The van der Waals surface area contributed by atoms with Gasteiger partial charge < -0.3 is 5.73 Å². The van der Waals surface area contributed by atoms with Crippen molar-refractivity contribution in [2.45, 2.75) is 32.4 Å². The van der Waals surface area contributed by atoms with Gasteiger partial charge in [-0.1, -0.05) is 11.6 Å². The summed E-state index contributed by atoms with van der Waals surface area (Å²) in [6, 6.07) is 4.89. The van der Waals surface area contributed by atoms with Gasteiger partial charge in [-0.2, -0.15) is 0 Å². The maximum atomic E-state index is 11.1. The van der Waals surface area contributed by atoms with Crippen molar-refractivity contribution in [3.05, 3.63) is 38.9 Å². The number of hydrogen-bond acceptors (Lipinski definition) is 4. The van der Waals surface area contributed by atoms with Crippen molar-refractivity contribution in [1.29, 1.82) is 0 Å². The van der Waals surface area contributed by atoms with Crippen molar-refractivity contribution >= 4 is 29.7 Å². The Hall–Kier alpha value is -0.880. The van der Waals surface area contributed by atoms with Crippen LogP contribution in [0.15, 0.2) is 18.2 Å². The van der Waals surface area contributed by atoms with E-state index in [1.807, 2.05) is 6.92 Å². The Morgan fingerprint density at radius 1 is 1.57 bits per heavy atom. The summed E-state index contributed by atoms with van der Waals surface area (Å²) in [7, 11) is 0. The summed E-state index contributed by atoms with van der Waals surface area (Å²) in [5.74, 6) is 0.460. The van der Waals surface area contributed by atoms with E-state index in [9.17, 15) is 10.1 Å². The number of hydrogen-bond donors (Lipinski definition) is 1. The minimum Gasteiger partial charge on any atom is -0.328 e. The third-order valence-corrected chi connectivity index (χ3v) is 4.15. The van der Waals surface area contributed by atoms with Crippen LogP contribution in [0.2, 0.25) is 5.02 Å². The fourth-order valence-electron chi connectivity index (χ4n) is 2.76. The second-order valence-electron chi connectivity index (χ2n) is 5.53. The summed E-state index contributed by atoms with van der Waals surface area (Å²) >= 11 is 5.96. The number of piperidine rings is 1. The molecular formula is C14H21Cl2N3O2. The highest BCUT2D eigenvalue weighted by molar-refractivity contribution is 6.30. The molecule has 2 rings (SSSR count). The predicted octanol–water partition coefficient (Wildman–Crippen LogP) is 3.23. The van der Waals surface area contributed by atoms with Gasteiger partial charge in [0.05, 0.1) is 4.92 Å². The lowest BCUT2D eigenvalue weighted by Gasteiger charge is -2.34. The number of benzene rings is 1. The number of nitrogens with two attached hydrogens (primary N) is 1. The minimum atomic E-state index is -0.349. The lowest BCUT2D eigenvalue weighted by atomic mass is 9.92. The molecule has 1 saturated heterocycles. The van der Waals surface area contributed by atoms with Crippen molar-refractivity contribution in [3.8, 4) is 0 Å².